The van der Waals surface area contributed by atoms with Gasteiger partial charge < -0.3 is 0 Å². The minimum absolute atomic E-state index is 1.10. The first-order chi connectivity index (χ1) is 25.2. The van der Waals surface area contributed by atoms with Crippen molar-refractivity contribution in [2.24, 2.45) is 0 Å². The van der Waals surface area contributed by atoms with E-state index in [9.17, 15) is 0 Å². The lowest BCUT2D eigenvalue weighted by Gasteiger charge is -2.21. The summed E-state index contributed by atoms with van der Waals surface area (Å²) in [5.41, 5.74) is 14.6. The van der Waals surface area contributed by atoms with Gasteiger partial charge in [0.15, 0.2) is 0 Å². The first kappa shape index (κ1) is 39.3. The van der Waals surface area contributed by atoms with Gasteiger partial charge in [-0.1, -0.05) is 178 Å². The standard InChI is InChI=1S/C46H42.C4H8.C2H6/c1-6-7-8-9-11-19-35-20-18-23-37(30-35)38-28-29-39(36-21-12-10-13-22-36)44(31-38)46-42-26-16-14-24-40(42)45(34(5)33(4)32(2)3)41-25-15-17-27-43(41)46;1-4(2)3;1-2/h8-31H,2,6-7H2,1,3-5H3;1H2,2-3H3;1-2H3/b9-8-,19-11?,34-33+;;. The third kappa shape index (κ3) is 9.45. The highest BCUT2D eigenvalue weighted by Gasteiger charge is 2.20. The van der Waals surface area contributed by atoms with Crippen molar-refractivity contribution >= 4 is 33.2 Å². The third-order valence-electron chi connectivity index (χ3n) is 9.09. The average molecular weight is 681 g/mol. The molecule has 0 aromatic heterocycles. The van der Waals surface area contributed by atoms with Crippen LogP contribution in [0.3, 0.4) is 0 Å². The predicted octanol–water partition coefficient (Wildman–Crippen LogP) is 16.3. The molecule has 0 nitrogen and oxygen atoms in total. The van der Waals surface area contributed by atoms with E-state index in [2.05, 4.69) is 186 Å². The summed E-state index contributed by atoms with van der Waals surface area (Å²) in [6.07, 6.45) is 11.0. The van der Waals surface area contributed by atoms with Crippen LogP contribution in [0.2, 0.25) is 0 Å². The van der Waals surface area contributed by atoms with E-state index >= 15 is 0 Å². The Balaban J connectivity index is 0.000000944. The van der Waals surface area contributed by atoms with E-state index in [1.165, 1.54) is 89.2 Å². The molecule has 0 unspecified atom stereocenters. The van der Waals surface area contributed by atoms with Crippen LogP contribution >= 0.6 is 0 Å². The summed E-state index contributed by atoms with van der Waals surface area (Å²) < 4.78 is 0. The largest absolute Gasteiger partial charge is 0.100 e. The van der Waals surface area contributed by atoms with Crippen LogP contribution in [-0.2, 0) is 0 Å². The number of rotatable bonds is 9. The van der Waals surface area contributed by atoms with Gasteiger partial charge in [-0.2, -0.15) is 0 Å². The van der Waals surface area contributed by atoms with Gasteiger partial charge in [-0.3, -0.25) is 0 Å². The van der Waals surface area contributed by atoms with E-state index in [1.807, 2.05) is 27.7 Å². The summed E-state index contributed by atoms with van der Waals surface area (Å²) in [7, 11) is 0. The van der Waals surface area contributed by atoms with Gasteiger partial charge in [-0.25, -0.2) is 0 Å². The number of fused-ring (bicyclic) bond motifs is 2. The van der Waals surface area contributed by atoms with E-state index in [4.69, 9.17) is 0 Å². The maximum absolute atomic E-state index is 4.28. The van der Waals surface area contributed by atoms with Gasteiger partial charge >= 0.3 is 0 Å². The Morgan fingerprint density at radius 1 is 0.558 bits per heavy atom. The summed E-state index contributed by atoms with van der Waals surface area (Å²) in [5.74, 6) is 0. The van der Waals surface area contributed by atoms with Crippen LogP contribution in [0.25, 0.3) is 66.6 Å². The molecule has 0 N–H and O–H groups in total. The fraction of sp³-hybridized carbons (Fsp3) is 0.192. The second kappa shape index (κ2) is 19.2. The predicted molar refractivity (Wildman–Crippen MR) is 236 cm³/mol. The topological polar surface area (TPSA) is 0 Å². The molecule has 52 heavy (non-hydrogen) atoms. The van der Waals surface area contributed by atoms with Crippen molar-refractivity contribution in [3.05, 3.63) is 181 Å². The minimum atomic E-state index is 1.10. The van der Waals surface area contributed by atoms with Gasteiger partial charge in [-0.15, -0.1) is 6.58 Å². The molecule has 0 aliphatic rings. The average Bonchev–Trinajstić information content (AvgIpc) is 3.17. The van der Waals surface area contributed by atoms with Crippen LogP contribution in [0.5, 0.6) is 0 Å². The molecular weight excluding hydrogens is 625 g/mol. The maximum atomic E-state index is 4.28. The van der Waals surface area contributed by atoms with Gasteiger partial charge in [0.25, 0.3) is 0 Å². The Kier molecular flexibility index (Phi) is 14.5. The quantitative estimate of drug-likeness (QED) is 0.0810. The second-order valence-electron chi connectivity index (χ2n) is 13.4. The Morgan fingerprint density at radius 3 is 1.67 bits per heavy atom. The van der Waals surface area contributed by atoms with E-state index in [-0.39, 0.29) is 0 Å². The van der Waals surface area contributed by atoms with Crippen molar-refractivity contribution in [2.75, 3.05) is 0 Å². The monoisotopic (exact) mass is 680 g/mol. The number of allylic oxidation sites excluding steroid dienone is 7. The van der Waals surface area contributed by atoms with Gasteiger partial charge in [0, 0.05) is 0 Å². The van der Waals surface area contributed by atoms with E-state index in [0.717, 1.165) is 12.0 Å². The molecule has 6 rings (SSSR count). The molecule has 0 saturated carbocycles. The van der Waals surface area contributed by atoms with Crippen LogP contribution in [0.4, 0.5) is 0 Å². The Bertz CT molecular complexity index is 2170. The highest BCUT2D eigenvalue weighted by Crippen LogP contribution is 2.46. The first-order valence-electron chi connectivity index (χ1n) is 18.7. The molecule has 0 heterocycles. The first-order valence-corrected chi connectivity index (χ1v) is 18.7. The summed E-state index contributed by atoms with van der Waals surface area (Å²) in [4.78, 5) is 0. The highest BCUT2D eigenvalue weighted by atomic mass is 14.2. The Labute approximate surface area is 314 Å². The Hall–Kier alpha value is -5.46. The van der Waals surface area contributed by atoms with Crippen LogP contribution < -0.4 is 0 Å². The molecule has 0 radical (unpaired) electrons. The lowest BCUT2D eigenvalue weighted by Crippen LogP contribution is -1.96. The summed E-state index contributed by atoms with van der Waals surface area (Å²) in [5, 5.41) is 5.05. The van der Waals surface area contributed by atoms with E-state index in [1.54, 1.807) is 0 Å². The molecule has 0 atom stereocenters. The molecule has 0 saturated heterocycles. The molecule has 0 aliphatic heterocycles. The van der Waals surface area contributed by atoms with Crippen molar-refractivity contribution in [3.8, 4) is 33.4 Å². The Morgan fingerprint density at radius 2 is 1.10 bits per heavy atom. The van der Waals surface area contributed by atoms with Gasteiger partial charge in [-0.05, 0) is 130 Å². The second-order valence-corrected chi connectivity index (χ2v) is 13.4. The minimum Gasteiger partial charge on any atom is -0.100 e. The number of unbranched alkanes of at least 4 members (excludes halogenated alkanes) is 1. The van der Waals surface area contributed by atoms with Crippen molar-refractivity contribution in [1.29, 1.82) is 0 Å². The number of hydrogen-bond acceptors (Lipinski definition) is 0. The molecule has 0 aliphatic carbocycles. The summed E-state index contributed by atoms with van der Waals surface area (Å²) in [6, 6.07) is 44.5. The molecule has 264 valence electrons. The molecule has 0 amide bonds. The van der Waals surface area contributed by atoms with Gasteiger partial charge in [0.05, 0.1) is 0 Å². The lowest BCUT2D eigenvalue weighted by molar-refractivity contribution is 0.959. The van der Waals surface area contributed by atoms with E-state index < -0.39 is 0 Å². The van der Waals surface area contributed by atoms with Crippen LogP contribution in [0.15, 0.2) is 169 Å². The number of hydrogen-bond donors (Lipinski definition) is 0. The zero-order chi connectivity index (χ0) is 37.6. The molecule has 0 bridgehead atoms. The van der Waals surface area contributed by atoms with Crippen LogP contribution in [0.1, 0.15) is 79.4 Å². The highest BCUT2D eigenvalue weighted by molar-refractivity contribution is 6.20. The maximum Gasteiger partial charge on any atom is -0.00199 e. The van der Waals surface area contributed by atoms with Gasteiger partial charge in [0.1, 0.15) is 0 Å². The number of benzene rings is 6. The fourth-order valence-electron chi connectivity index (χ4n) is 6.46. The van der Waals surface area contributed by atoms with Crippen molar-refractivity contribution in [2.45, 2.75) is 68.2 Å². The molecule has 0 fully saturated rings. The molecule has 0 spiro atoms. The van der Waals surface area contributed by atoms with Crippen molar-refractivity contribution < 1.29 is 0 Å². The zero-order valence-electron chi connectivity index (χ0n) is 32.7. The molecule has 6 aromatic carbocycles. The zero-order valence-corrected chi connectivity index (χ0v) is 32.7. The van der Waals surface area contributed by atoms with Crippen molar-refractivity contribution in [3.63, 3.8) is 0 Å². The SMILES string of the molecule is C=C(C)/C(C)=C(\C)c1c2ccccc2c(-c2cc(-c3cccc(C=C/C=C\CCC)c3)ccc2-c2ccccc2)c2ccccc12.C=C(C)C.CC. The lowest BCUT2D eigenvalue weighted by atomic mass is 9.82. The molecule has 0 heteroatoms. The normalized spacial score (nSPS) is 11.5. The van der Waals surface area contributed by atoms with E-state index in [0.29, 0.717) is 0 Å². The third-order valence-corrected chi connectivity index (χ3v) is 9.09. The van der Waals surface area contributed by atoms with Crippen LogP contribution in [-0.4, -0.2) is 0 Å². The van der Waals surface area contributed by atoms with Crippen molar-refractivity contribution in [1.82, 2.24) is 0 Å². The van der Waals surface area contributed by atoms with Gasteiger partial charge in [0.2, 0.25) is 0 Å². The molecule has 6 aromatic rings. The smallest absolute Gasteiger partial charge is 0.00199 e. The fourth-order valence-corrected chi connectivity index (χ4v) is 6.46. The summed E-state index contributed by atoms with van der Waals surface area (Å²) >= 11 is 0. The summed E-state index contributed by atoms with van der Waals surface area (Å²) in [6.45, 7) is 24.5. The molecular formula is C52H56. The van der Waals surface area contributed by atoms with Crippen LogP contribution in [0, 0.1) is 0 Å².